The molecule has 200 valence electrons. The Morgan fingerprint density at radius 3 is 1.05 bits per heavy atom. The molecule has 1 aliphatic rings. The summed E-state index contributed by atoms with van der Waals surface area (Å²) < 4.78 is 3.48. The average Bonchev–Trinajstić information content (AvgIpc) is 2.84. The molecule has 4 aromatic carbocycles. The van der Waals surface area contributed by atoms with Crippen LogP contribution in [0.2, 0.25) is 10.0 Å². The minimum absolute atomic E-state index is 0.585. The average molecular weight is 667 g/mol. The number of aryl methyl sites for hydroxylation is 2. The third kappa shape index (κ3) is 4.78. The minimum atomic E-state index is -4.40. The van der Waals surface area contributed by atoms with Gasteiger partial charge in [-0.3, -0.25) is 0 Å². The Kier molecular flexibility index (Phi) is 7.17. The fourth-order valence-corrected chi connectivity index (χ4v) is 29.0. The summed E-state index contributed by atoms with van der Waals surface area (Å²) in [7, 11) is 0. The number of hydrogen-bond acceptors (Lipinski definition) is 4. The predicted molar refractivity (Wildman–Crippen MR) is 175 cm³/mol. The fraction of sp³-hybridized carbons (Fsp3) is 0.0769. The molecule has 38 heavy (non-hydrogen) atoms. The van der Waals surface area contributed by atoms with Crippen LogP contribution >= 0.6 is 79.7 Å². The van der Waals surface area contributed by atoms with Crippen molar-refractivity contribution >= 4 is 102 Å². The number of hydrogen-bond donors (Lipinski definition) is 2. The van der Waals surface area contributed by atoms with Gasteiger partial charge >= 0.3 is 254 Å². The zero-order valence-electron chi connectivity index (χ0n) is 20.3. The van der Waals surface area contributed by atoms with Gasteiger partial charge in [0.05, 0.1) is 0 Å². The molecule has 0 amide bonds. The summed E-state index contributed by atoms with van der Waals surface area (Å²) in [5.41, 5.74) is 4.76. The van der Waals surface area contributed by atoms with Gasteiger partial charge < -0.3 is 0 Å². The van der Waals surface area contributed by atoms with Gasteiger partial charge in [0.1, 0.15) is 0 Å². The SMILES string of the molecule is Cc1ccc(N2P(Cl)(Cl)(Nc3ccc(Cl)cc3)N(c3ccc(C)cc3)P2(Cl)(Cl)Nc2ccc(Cl)cc2)cc1. The summed E-state index contributed by atoms with van der Waals surface area (Å²) in [4.78, 5) is 0. The second-order valence-corrected chi connectivity index (χ2v) is 24.7. The molecule has 0 aromatic heterocycles. The second-order valence-electron chi connectivity index (χ2n) is 9.14. The van der Waals surface area contributed by atoms with E-state index in [0.29, 0.717) is 32.8 Å². The quantitative estimate of drug-likeness (QED) is 0.201. The van der Waals surface area contributed by atoms with Crippen molar-refractivity contribution in [3.63, 3.8) is 0 Å². The molecule has 0 spiro atoms. The number of rotatable bonds is 6. The topological polar surface area (TPSA) is 30.5 Å². The van der Waals surface area contributed by atoms with Gasteiger partial charge in [-0.15, -0.1) is 0 Å². The Morgan fingerprint density at radius 1 is 0.474 bits per heavy atom. The van der Waals surface area contributed by atoms with Gasteiger partial charge in [-0.2, -0.15) is 0 Å². The van der Waals surface area contributed by atoms with Crippen LogP contribution in [0.25, 0.3) is 0 Å². The van der Waals surface area contributed by atoms with E-state index in [1.807, 2.05) is 86.6 Å². The fourth-order valence-electron chi connectivity index (χ4n) is 4.46. The molecule has 1 saturated heterocycles. The van der Waals surface area contributed by atoms with Crippen molar-refractivity contribution in [1.29, 1.82) is 0 Å². The summed E-state index contributed by atoms with van der Waals surface area (Å²) in [5.74, 6) is -8.79. The molecule has 4 nitrogen and oxygen atoms in total. The molecule has 1 aliphatic heterocycles. The summed E-state index contributed by atoms with van der Waals surface area (Å²) in [5, 5.41) is 8.00. The van der Waals surface area contributed by atoms with E-state index in [-0.39, 0.29) is 0 Å². The van der Waals surface area contributed by atoms with E-state index in [2.05, 4.69) is 10.2 Å². The molecule has 0 bridgehead atoms. The maximum absolute atomic E-state index is 7.69. The van der Waals surface area contributed by atoms with E-state index in [1.165, 1.54) is 0 Å². The van der Waals surface area contributed by atoms with Crippen molar-refractivity contribution in [1.82, 2.24) is 0 Å². The first-order chi connectivity index (χ1) is 17.8. The van der Waals surface area contributed by atoms with E-state index in [4.69, 9.17) is 68.2 Å². The second kappa shape index (κ2) is 9.65. The molecule has 4 aromatic rings. The maximum atomic E-state index is 7.69. The van der Waals surface area contributed by atoms with E-state index in [1.54, 1.807) is 33.1 Å². The van der Waals surface area contributed by atoms with Crippen LogP contribution in [0.5, 0.6) is 0 Å². The predicted octanol–water partition coefficient (Wildman–Crippen LogP) is 12.4. The van der Waals surface area contributed by atoms with Gasteiger partial charge in [0, 0.05) is 0 Å². The van der Waals surface area contributed by atoms with Crippen LogP contribution in [0, 0.1) is 13.8 Å². The Morgan fingerprint density at radius 2 is 0.763 bits per heavy atom. The first-order valence-electron chi connectivity index (χ1n) is 11.5. The first-order valence-corrected chi connectivity index (χ1v) is 20.2. The van der Waals surface area contributed by atoms with Crippen molar-refractivity contribution < 1.29 is 0 Å². The summed E-state index contributed by atoms with van der Waals surface area (Å²) >= 11 is 43.1. The molecule has 1 fully saturated rings. The molecule has 12 heteroatoms. The zero-order valence-corrected chi connectivity index (χ0v) is 26.6. The molecule has 2 N–H and O–H groups in total. The monoisotopic (exact) mass is 664 g/mol. The van der Waals surface area contributed by atoms with E-state index in [0.717, 1.165) is 11.1 Å². The van der Waals surface area contributed by atoms with Gasteiger partial charge in [-0.05, 0) is 0 Å². The molecule has 0 atom stereocenters. The summed E-state index contributed by atoms with van der Waals surface area (Å²) in [6, 6.07) is 29.8. The number of nitrogens with one attached hydrogen (secondary N) is 2. The number of anilines is 4. The molecular weight excluding hydrogens is 643 g/mol. The van der Waals surface area contributed by atoms with Crippen molar-refractivity contribution in [2.45, 2.75) is 13.8 Å². The van der Waals surface area contributed by atoms with E-state index < -0.39 is 11.5 Å². The van der Waals surface area contributed by atoms with Gasteiger partial charge in [0.2, 0.25) is 0 Å². The standard InChI is InChI=1S/C26H24Cl6N4P2/c1-19-3-15-25(16-4-19)35-37(29,30,33-23-11-7-21(27)8-12-23)36(26-17-5-20(2)6-18-26)38(35,31,32)34-24-13-9-22(28)10-14-24/h3-18,33-34H,1-2H3. The zero-order chi connectivity index (χ0) is 27.4. The molecule has 0 radical (unpaired) electrons. The molecule has 0 unspecified atom stereocenters. The van der Waals surface area contributed by atoms with Crippen LogP contribution in [0.15, 0.2) is 97.1 Å². The van der Waals surface area contributed by atoms with Crippen molar-refractivity contribution in [3.05, 3.63) is 118 Å². The molecular formula is C26H24Cl6N4P2. The van der Waals surface area contributed by atoms with Crippen LogP contribution in [-0.2, 0) is 0 Å². The van der Waals surface area contributed by atoms with Crippen LogP contribution in [0.1, 0.15) is 11.1 Å². The third-order valence-electron chi connectivity index (χ3n) is 6.14. The van der Waals surface area contributed by atoms with Gasteiger partial charge in [-0.25, -0.2) is 0 Å². The normalized spacial score (nSPS) is 20.6. The Balaban J connectivity index is 1.76. The number of nitrogens with zero attached hydrogens (tertiary/aromatic N) is 2. The summed E-state index contributed by atoms with van der Waals surface area (Å²) in [6.07, 6.45) is 0. The number of halogens is 6. The molecule has 5 rings (SSSR count). The summed E-state index contributed by atoms with van der Waals surface area (Å²) in [6.45, 7) is 4.00. The molecule has 1 heterocycles. The van der Waals surface area contributed by atoms with Gasteiger partial charge in [0.25, 0.3) is 0 Å². The first kappa shape index (κ1) is 28.2. The van der Waals surface area contributed by atoms with Crippen molar-refractivity contribution in [2.24, 2.45) is 0 Å². The van der Waals surface area contributed by atoms with Crippen LogP contribution < -0.4 is 19.1 Å². The Bertz CT molecular complexity index is 1350. The van der Waals surface area contributed by atoms with E-state index >= 15 is 0 Å². The van der Waals surface area contributed by atoms with Gasteiger partial charge in [-0.1, -0.05) is 0 Å². The van der Waals surface area contributed by atoms with Crippen LogP contribution in [0.3, 0.4) is 0 Å². The molecule has 0 saturated carbocycles. The Labute approximate surface area is 252 Å². The Hall–Kier alpha value is -1.32. The molecule has 0 aliphatic carbocycles. The van der Waals surface area contributed by atoms with E-state index in [9.17, 15) is 0 Å². The van der Waals surface area contributed by atoms with Crippen molar-refractivity contribution in [2.75, 3.05) is 19.1 Å². The van der Waals surface area contributed by atoms with Gasteiger partial charge in [0.15, 0.2) is 0 Å². The van der Waals surface area contributed by atoms with Crippen LogP contribution in [-0.4, -0.2) is 0 Å². The number of benzene rings is 4. The third-order valence-corrected chi connectivity index (χ3v) is 22.8. The van der Waals surface area contributed by atoms with Crippen LogP contribution in [0.4, 0.5) is 22.7 Å². The van der Waals surface area contributed by atoms with Crippen molar-refractivity contribution in [3.8, 4) is 0 Å².